The molecule has 0 unspecified atom stereocenters. The smallest absolute Gasteiger partial charge is 0.258 e. The highest BCUT2D eigenvalue weighted by molar-refractivity contribution is 6.32. The lowest BCUT2D eigenvalue weighted by atomic mass is 10.3. The summed E-state index contributed by atoms with van der Waals surface area (Å²) in [7, 11) is 0. The fourth-order valence-corrected chi connectivity index (χ4v) is 1.33. The molecule has 1 aromatic carbocycles. The first-order valence-electron chi connectivity index (χ1n) is 5.10. The van der Waals surface area contributed by atoms with E-state index in [4.69, 9.17) is 22.1 Å². The summed E-state index contributed by atoms with van der Waals surface area (Å²) in [5, 5.41) is 2.75. The van der Waals surface area contributed by atoms with E-state index < -0.39 is 5.82 Å². The van der Waals surface area contributed by atoms with Crippen molar-refractivity contribution in [3.8, 4) is 5.75 Å². The third kappa shape index (κ3) is 4.58. The molecule has 1 aromatic rings. The summed E-state index contributed by atoms with van der Waals surface area (Å²) in [4.78, 5) is 11.4. The normalized spacial score (nSPS) is 12.0. The van der Waals surface area contributed by atoms with Gasteiger partial charge in [-0.15, -0.1) is 0 Å². The molecule has 0 fully saturated rings. The monoisotopic (exact) mass is 260 g/mol. The van der Waals surface area contributed by atoms with Gasteiger partial charge in [-0.1, -0.05) is 11.6 Å². The van der Waals surface area contributed by atoms with Crippen molar-refractivity contribution in [2.45, 2.75) is 13.0 Å². The summed E-state index contributed by atoms with van der Waals surface area (Å²) in [5.74, 6) is -0.490. The van der Waals surface area contributed by atoms with Crippen molar-refractivity contribution in [1.82, 2.24) is 5.32 Å². The van der Waals surface area contributed by atoms with E-state index in [9.17, 15) is 9.18 Å². The van der Waals surface area contributed by atoms with Gasteiger partial charge in [0.2, 0.25) is 0 Å². The van der Waals surface area contributed by atoms with E-state index >= 15 is 0 Å². The number of halogens is 2. The molecule has 0 saturated carbocycles. The van der Waals surface area contributed by atoms with Crippen molar-refractivity contribution >= 4 is 17.5 Å². The van der Waals surface area contributed by atoms with E-state index in [-0.39, 0.29) is 29.3 Å². The maximum atomic E-state index is 12.7. The highest BCUT2D eigenvalue weighted by Gasteiger charge is 2.08. The summed E-state index contributed by atoms with van der Waals surface area (Å²) < 4.78 is 17.9. The highest BCUT2D eigenvalue weighted by Crippen LogP contribution is 2.24. The van der Waals surface area contributed by atoms with E-state index in [0.29, 0.717) is 6.54 Å². The Bertz CT molecular complexity index is 401. The SMILES string of the molecule is C[C@@H](CN)NC(=O)COc1ccc(F)cc1Cl. The Morgan fingerprint density at radius 1 is 1.65 bits per heavy atom. The minimum atomic E-state index is -0.455. The van der Waals surface area contributed by atoms with Crippen molar-refractivity contribution < 1.29 is 13.9 Å². The standard InChI is InChI=1S/C11H14ClFN2O2/c1-7(5-14)15-11(16)6-17-10-3-2-8(13)4-9(10)12/h2-4,7H,5-6,14H2,1H3,(H,15,16)/t7-/m0/s1. The van der Waals surface area contributed by atoms with Crippen LogP contribution in [0, 0.1) is 5.82 Å². The molecule has 1 amide bonds. The maximum Gasteiger partial charge on any atom is 0.258 e. The minimum absolute atomic E-state index is 0.116. The van der Waals surface area contributed by atoms with Gasteiger partial charge in [-0.2, -0.15) is 0 Å². The fourth-order valence-electron chi connectivity index (χ4n) is 1.11. The molecule has 0 spiro atoms. The lowest BCUT2D eigenvalue weighted by Crippen LogP contribution is -2.40. The van der Waals surface area contributed by atoms with Crippen LogP contribution in [0.25, 0.3) is 0 Å². The molecule has 0 aromatic heterocycles. The van der Waals surface area contributed by atoms with Gasteiger partial charge < -0.3 is 15.8 Å². The van der Waals surface area contributed by atoms with E-state index in [1.165, 1.54) is 12.1 Å². The summed E-state index contributed by atoms with van der Waals surface area (Å²) >= 11 is 5.73. The number of benzene rings is 1. The topological polar surface area (TPSA) is 64.3 Å². The molecule has 3 N–H and O–H groups in total. The second-order valence-electron chi connectivity index (χ2n) is 3.57. The number of carbonyl (C=O) groups is 1. The second-order valence-corrected chi connectivity index (χ2v) is 3.97. The maximum absolute atomic E-state index is 12.7. The molecular formula is C11H14ClFN2O2. The van der Waals surface area contributed by atoms with Gasteiger partial charge in [-0.05, 0) is 25.1 Å². The number of nitrogens with one attached hydrogen (secondary N) is 1. The molecule has 0 aliphatic carbocycles. The van der Waals surface area contributed by atoms with Gasteiger partial charge in [0.25, 0.3) is 5.91 Å². The molecule has 94 valence electrons. The molecule has 0 saturated heterocycles. The molecule has 0 aliphatic heterocycles. The first kappa shape index (κ1) is 13.7. The number of ether oxygens (including phenoxy) is 1. The van der Waals surface area contributed by atoms with Crippen LogP contribution in [0.3, 0.4) is 0 Å². The Hall–Kier alpha value is -1.33. The molecule has 4 nitrogen and oxygen atoms in total. The van der Waals surface area contributed by atoms with Gasteiger partial charge in [0, 0.05) is 12.6 Å². The van der Waals surface area contributed by atoms with Crippen molar-refractivity contribution in [3.63, 3.8) is 0 Å². The predicted octanol–water partition coefficient (Wildman–Crippen LogP) is 1.32. The summed E-state index contributed by atoms with van der Waals surface area (Å²) in [5.41, 5.74) is 5.35. The van der Waals surface area contributed by atoms with Gasteiger partial charge in [0.1, 0.15) is 11.6 Å². The van der Waals surface area contributed by atoms with Gasteiger partial charge in [0.15, 0.2) is 6.61 Å². The van der Waals surface area contributed by atoms with E-state index in [0.717, 1.165) is 6.07 Å². The van der Waals surface area contributed by atoms with Crippen LogP contribution in [0.15, 0.2) is 18.2 Å². The number of amides is 1. The molecular weight excluding hydrogens is 247 g/mol. The van der Waals surface area contributed by atoms with E-state index in [2.05, 4.69) is 5.32 Å². The Labute approximate surface area is 104 Å². The molecule has 1 rings (SSSR count). The number of nitrogens with two attached hydrogens (primary N) is 1. The summed E-state index contributed by atoms with van der Waals surface area (Å²) in [6, 6.07) is 3.59. The largest absolute Gasteiger partial charge is 0.482 e. The first-order chi connectivity index (χ1) is 8.02. The van der Waals surface area contributed by atoms with Gasteiger partial charge in [0.05, 0.1) is 5.02 Å². The van der Waals surface area contributed by atoms with Crippen molar-refractivity contribution in [3.05, 3.63) is 29.0 Å². The number of carbonyl (C=O) groups excluding carboxylic acids is 1. The number of hydrogen-bond acceptors (Lipinski definition) is 3. The van der Waals surface area contributed by atoms with Crippen LogP contribution in [0.4, 0.5) is 4.39 Å². The van der Waals surface area contributed by atoms with E-state index in [1.807, 2.05) is 0 Å². The summed E-state index contributed by atoms with van der Waals surface area (Å²) in [6.07, 6.45) is 0. The fraction of sp³-hybridized carbons (Fsp3) is 0.364. The number of rotatable bonds is 5. The predicted molar refractivity (Wildman–Crippen MR) is 63.6 cm³/mol. The zero-order valence-corrected chi connectivity index (χ0v) is 10.1. The summed E-state index contributed by atoms with van der Waals surface area (Å²) in [6.45, 7) is 1.95. The second kappa shape index (κ2) is 6.42. The molecule has 0 radical (unpaired) electrons. The Balaban J connectivity index is 2.47. The van der Waals surface area contributed by atoms with Crippen molar-refractivity contribution in [1.29, 1.82) is 0 Å². The van der Waals surface area contributed by atoms with Crippen LogP contribution in [-0.4, -0.2) is 25.1 Å². The third-order valence-corrected chi connectivity index (χ3v) is 2.31. The van der Waals surface area contributed by atoms with Crippen LogP contribution in [-0.2, 0) is 4.79 Å². The van der Waals surface area contributed by atoms with Crippen LogP contribution >= 0.6 is 11.6 Å². The molecule has 17 heavy (non-hydrogen) atoms. The molecule has 0 heterocycles. The number of hydrogen-bond donors (Lipinski definition) is 2. The lowest BCUT2D eigenvalue weighted by Gasteiger charge is -2.12. The van der Waals surface area contributed by atoms with Crippen molar-refractivity contribution in [2.75, 3.05) is 13.2 Å². The molecule has 1 atom stereocenters. The quantitative estimate of drug-likeness (QED) is 0.839. The average Bonchev–Trinajstić information content (AvgIpc) is 2.27. The van der Waals surface area contributed by atoms with Gasteiger partial charge >= 0.3 is 0 Å². The molecule has 0 bridgehead atoms. The zero-order valence-electron chi connectivity index (χ0n) is 9.37. The third-order valence-electron chi connectivity index (χ3n) is 2.01. The minimum Gasteiger partial charge on any atom is -0.482 e. The van der Waals surface area contributed by atoms with Crippen LogP contribution in [0.5, 0.6) is 5.75 Å². The van der Waals surface area contributed by atoms with Gasteiger partial charge in [-0.3, -0.25) is 4.79 Å². The average molecular weight is 261 g/mol. The molecule has 0 aliphatic rings. The lowest BCUT2D eigenvalue weighted by molar-refractivity contribution is -0.123. The molecule has 6 heteroatoms. The Morgan fingerprint density at radius 3 is 2.94 bits per heavy atom. The highest BCUT2D eigenvalue weighted by atomic mass is 35.5. The Kier molecular flexibility index (Phi) is 5.18. The van der Waals surface area contributed by atoms with E-state index in [1.54, 1.807) is 6.92 Å². The van der Waals surface area contributed by atoms with Crippen LogP contribution < -0.4 is 15.8 Å². The first-order valence-corrected chi connectivity index (χ1v) is 5.48. The van der Waals surface area contributed by atoms with Gasteiger partial charge in [-0.25, -0.2) is 4.39 Å². The zero-order chi connectivity index (χ0) is 12.8. The van der Waals surface area contributed by atoms with Crippen molar-refractivity contribution in [2.24, 2.45) is 5.73 Å². The van der Waals surface area contributed by atoms with Crippen LogP contribution in [0.2, 0.25) is 5.02 Å². The Morgan fingerprint density at radius 2 is 2.35 bits per heavy atom. The van der Waals surface area contributed by atoms with Crippen LogP contribution in [0.1, 0.15) is 6.92 Å².